The van der Waals surface area contributed by atoms with Crippen LogP contribution in [-0.2, 0) is 9.53 Å². The first-order valence-corrected chi connectivity index (χ1v) is 7.35. The summed E-state index contributed by atoms with van der Waals surface area (Å²) in [6, 6.07) is 6.65. The Morgan fingerprint density at radius 1 is 1.24 bits per heavy atom. The van der Waals surface area contributed by atoms with Crippen LogP contribution in [0, 0.1) is 5.92 Å². The number of anilines is 1. The van der Waals surface area contributed by atoms with Crippen LogP contribution in [0.3, 0.4) is 0 Å². The molecule has 0 radical (unpaired) electrons. The fourth-order valence-electron chi connectivity index (χ4n) is 2.52. The Hall–Kier alpha value is -1.88. The summed E-state index contributed by atoms with van der Waals surface area (Å²) in [4.78, 5) is 23.8. The van der Waals surface area contributed by atoms with Gasteiger partial charge in [-0.3, -0.25) is 4.79 Å². The molecule has 5 nitrogen and oxygen atoms in total. The van der Waals surface area contributed by atoms with Crippen LogP contribution in [0.5, 0.6) is 0 Å². The molecule has 0 bridgehead atoms. The maximum absolute atomic E-state index is 12.1. The summed E-state index contributed by atoms with van der Waals surface area (Å²) in [7, 11) is 0. The van der Waals surface area contributed by atoms with Crippen molar-refractivity contribution in [1.29, 1.82) is 0 Å². The molecule has 0 spiro atoms. The molecule has 1 aromatic carbocycles. The Morgan fingerprint density at radius 3 is 2.43 bits per heavy atom. The zero-order valence-corrected chi connectivity index (χ0v) is 12.5. The van der Waals surface area contributed by atoms with Crippen LogP contribution < -0.4 is 11.1 Å². The number of rotatable bonds is 4. The topological polar surface area (TPSA) is 81.4 Å². The summed E-state index contributed by atoms with van der Waals surface area (Å²) >= 11 is 0. The van der Waals surface area contributed by atoms with Crippen molar-refractivity contribution in [2.75, 3.05) is 5.32 Å². The predicted octanol–water partition coefficient (Wildman–Crippen LogP) is 2.32. The Labute approximate surface area is 124 Å². The summed E-state index contributed by atoms with van der Waals surface area (Å²) in [5.41, 5.74) is 7.06. The quantitative estimate of drug-likeness (QED) is 0.834. The van der Waals surface area contributed by atoms with Gasteiger partial charge in [-0.05, 0) is 51.0 Å². The highest BCUT2D eigenvalue weighted by atomic mass is 16.5. The highest BCUT2D eigenvalue weighted by Crippen LogP contribution is 2.25. The van der Waals surface area contributed by atoms with Crippen molar-refractivity contribution in [3.63, 3.8) is 0 Å². The Balaban J connectivity index is 1.96. The van der Waals surface area contributed by atoms with Crippen molar-refractivity contribution < 1.29 is 14.3 Å². The van der Waals surface area contributed by atoms with E-state index in [-0.39, 0.29) is 29.9 Å². The molecule has 21 heavy (non-hydrogen) atoms. The highest BCUT2D eigenvalue weighted by molar-refractivity contribution is 5.94. The van der Waals surface area contributed by atoms with Gasteiger partial charge in [-0.25, -0.2) is 4.79 Å². The number of amides is 1. The van der Waals surface area contributed by atoms with Gasteiger partial charge in [0.15, 0.2) is 0 Å². The molecule has 2 rings (SSSR count). The Kier molecular flexibility index (Phi) is 4.96. The zero-order chi connectivity index (χ0) is 15.4. The third kappa shape index (κ3) is 4.04. The van der Waals surface area contributed by atoms with Gasteiger partial charge < -0.3 is 15.8 Å². The maximum Gasteiger partial charge on any atom is 0.338 e. The van der Waals surface area contributed by atoms with Gasteiger partial charge in [-0.15, -0.1) is 0 Å². The first kappa shape index (κ1) is 15.5. The number of carbonyl (C=O) groups is 2. The number of hydrogen-bond acceptors (Lipinski definition) is 4. The van der Waals surface area contributed by atoms with E-state index in [1.165, 1.54) is 0 Å². The Morgan fingerprint density at radius 2 is 1.90 bits per heavy atom. The van der Waals surface area contributed by atoms with Gasteiger partial charge in [0.25, 0.3) is 0 Å². The lowest BCUT2D eigenvalue weighted by atomic mass is 10.0. The molecule has 0 aliphatic heterocycles. The lowest BCUT2D eigenvalue weighted by molar-refractivity contribution is -0.120. The number of nitrogens with two attached hydrogens (primary N) is 1. The molecule has 3 N–H and O–H groups in total. The number of nitrogens with one attached hydrogen (secondary N) is 1. The normalized spacial score (nSPS) is 21.3. The Bertz CT molecular complexity index is 511. The van der Waals surface area contributed by atoms with Crippen molar-refractivity contribution in [2.45, 2.75) is 45.3 Å². The molecular formula is C16H22N2O3. The molecule has 2 atom stereocenters. The van der Waals surface area contributed by atoms with Crippen molar-refractivity contribution in [1.82, 2.24) is 0 Å². The predicted molar refractivity (Wildman–Crippen MR) is 80.9 cm³/mol. The van der Waals surface area contributed by atoms with Crippen LogP contribution in [-0.4, -0.2) is 24.0 Å². The molecule has 1 fully saturated rings. The van der Waals surface area contributed by atoms with Crippen molar-refractivity contribution in [3.05, 3.63) is 29.8 Å². The molecule has 0 aromatic heterocycles. The average Bonchev–Trinajstić information content (AvgIpc) is 2.85. The average molecular weight is 290 g/mol. The number of hydrogen-bond donors (Lipinski definition) is 2. The van der Waals surface area contributed by atoms with Gasteiger partial charge in [-0.2, -0.15) is 0 Å². The van der Waals surface area contributed by atoms with Crippen molar-refractivity contribution >= 4 is 17.6 Å². The van der Waals surface area contributed by atoms with E-state index in [2.05, 4.69) is 5.32 Å². The lowest BCUT2D eigenvalue weighted by Gasteiger charge is -2.15. The van der Waals surface area contributed by atoms with Crippen LogP contribution >= 0.6 is 0 Å². The molecule has 1 aromatic rings. The second kappa shape index (κ2) is 6.72. The lowest BCUT2D eigenvalue weighted by Crippen LogP contribution is -2.34. The molecule has 1 aliphatic rings. The smallest absolute Gasteiger partial charge is 0.338 e. The molecule has 0 heterocycles. The maximum atomic E-state index is 12.1. The SMILES string of the molecule is CC(C)OC(=O)c1ccc(NC(=O)C2CCCC2N)cc1. The first-order chi connectivity index (χ1) is 9.97. The molecule has 1 saturated carbocycles. The molecular weight excluding hydrogens is 268 g/mol. The number of benzene rings is 1. The van der Waals surface area contributed by atoms with E-state index in [9.17, 15) is 9.59 Å². The molecule has 114 valence electrons. The zero-order valence-electron chi connectivity index (χ0n) is 12.5. The monoisotopic (exact) mass is 290 g/mol. The van der Waals surface area contributed by atoms with Gasteiger partial charge in [-0.1, -0.05) is 6.42 Å². The first-order valence-electron chi connectivity index (χ1n) is 7.35. The van der Waals surface area contributed by atoms with Crippen LogP contribution in [0.25, 0.3) is 0 Å². The largest absolute Gasteiger partial charge is 0.459 e. The fraction of sp³-hybridized carbons (Fsp3) is 0.500. The van der Waals surface area contributed by atoms with E-state index in [1.54, 1.807) is 38.1 Å². The van der Waals surface area contributed by atoms with Gasteiger partial charge in [0.1, 0.15) is 0 Å². The third-order valence-electron chi connectivity index (χ3n) is 3.64. The molecule has 5 heteroatoms. The van der Waals surface area contributed by atoms with Gasteiger partial charge in [0, 0.05) is 11.7 Å². The number of carbonyl (C=O) groups excluding carboxylic acids is 2. The second-order valence-electron chi connectivity index (χ2n) is 5.72. The minimum absolute atomic E-state index is 0.0440. The van der Waals surface area contributed by atoms with Gasteiger partial charge in [0.05, 0.1) is 17.6 Å². The third-order valence-corrected chi connectivity index (χ3v) is 3.64. The van der Waals surface area contributed by atoms with E-state index in [4.69, 9.17) is 10.5 Å². The van der Waals surface area contributed by atoms with Crippen LogP contribution in [0.2, 0.25) is 0 Å². The molecule has 2 unspecified atom stereocenters. The number of esters is 1. The molecule has 0 saturated heterocycles. The van der Waals surface area contributed by atoms with E-state index < -0.39 is 0 Å². The van der Waals surface area contributed by atoms with Crippen LogP contribution in [0.15, 0.2) is 24.3 Å². The van der Waals surface area contributed by atoms with Crippen LogP contribution in [0.4, 0.5) is 5.69 Å². The van der Waals surface area contributed by atoms with Crippen molar-refractivity contribution in [3.8, 4) is 0 Å². The second-order valence-corrected chi connectivity index (χ2v) is 5.72. The van der Waals surface area contributed by atoms with E-state index >= 15 is 0 Å². The van der Waals surface area contributed by atoms with E-state index in [1.807, 2.05) is 0 Å². The molecule has 1 aliphatic carbocycles. The molecule has 1 amide bonds. The minimum atomic E-state index is -0.360. The van der Waals surface area contributed by atoms with E-state index in [0.29, 0.717) is 11.3 Å². The summed E-state index contributed by atoms with van der Waals surface area (Å²) in [5, 5.41) is 2.85. The van der Waals surface area contributed by atoms with Gasteiger partial charge >= 0.3 is 5.97 Å². The summed E-state index contributed by atoms with van der Waals surface area (Å²) in [5.74, 6) is -0.520. The standard InChI is InChI=1S/C16H22N2O3/c1-10(2)21-16(20)11-6-8-12(9-7-11)18-15(19)13-4-3-5-14(13)17/h6-10,13-14H,3-5,17H2,1-2H3,(H,18,19). The summed E-state index contributed by atoms with van der Waals surface area (Å²) in [6.07, 6.45) is 2.59. The summed E-state index contributed by atoms with van der Waals surface area (Å²) < 4.78 is 5.11. The van der Waals surface area contributed by atoms with Crippen LogP contribution in [0.1, 0.15) is 43.5 Å². The van der Waals surface area contributed by atoms with Crippen molar-refractivity contribution in [2.24, 2.45) is 11.7 Å². The minimum Gasteiger partial charge on any atom is -0.459 e. The number of ether oxygens (including phenoxy) is 1. The fourth-order valence-corrected chi connectivity index (χ4v) is 2.52. The summed E-state index contributed by atoms with van der Waals surface area (Å²) in [6.45, 7) is 3.61. The highest BCUT2D eigenvalue weighted by Gasteiger charge is 2.30. The van der Waals surface area contributed by atoms with Gasteiger partial charge in [0.2, 0.25) is 5.91 Å². The van der Waals surface area contributed by atoms with E-state index in [0.717, 1.165) is 19.3 Å².